The van der Waals surface area contributed by atoms with Gasteiger partial charge in [-0.05, 0) is 40.2 Å². The number of hydrogen-bond acceptors (Lipinski definition) is 2. The molecule has 0 aliphatic carbocycles. The van der Waals surface area contributed by atoms with Gasteiger partial charge < -0.3 is 0 Å². The number of imidazole rings is 1. The standard InChI is InChI=1S/C12H7BrFN3/c13-11-5-16-12-6-15-10(7-17(11)12)8-1-3-9(14)4-2-8/h1-7H. The molecule has 1 aromatic carbocycles. The minimum absolute atomic E-state index is 0.251. The van der Waals surface area contributed by atoms with Crippen LogP contribution in [-0.4, -0.2) is 14.4 Å². The number of fused-ring (bicyclic) bond motifs is 1. The largest absolute Gasteiger partial charge is 0.291 e. The summed E-state index contributed by atoms with van der Waals surface area (Å²) in [6.45, 7) is 0. The third-order valence-corrected chi connectivity index (χ3v) is 3.08. The maximum Gasteiger partial charge on any atom is 0.156 e. The first-order chi connectivity index (χ1) is 8.24. The predicted molar refractivity (Wildman–Crippen MR) is 66.1 cm³/mol. The van der Waals surface area contributed by atoms with Gasteiger partial charge in [0.05, 0.1) is 18.1 Å². The van der Waals surface area contributed by atoms with Crippen LogP contribution in [0, 0.1) is 5.82 Å². The number of nitrogens with zero attached hydrogens (tertiary/aromatic N) is 3. The number of aromatic nitrogens is 3. The van der Waals surface area contributed by atoms with Crippen LogP contribution < -0.4 is 0 Å². The van der Waals surface area contributed by atoms with Crippen LogP contribution in [0.5, 0.6) is 0 Å². The topological polar surface area (TPSA) is 30.2 Å². The van der Waals surface area contributed by atoms with Crippen molar-refractivity contribution in [2.75, 3.05) is 0 Å². The Morgan fingerprint density at radius 2 is 1.82 bits per heavy atom. The molecule has 0 radical (unpaired) electrons. The Labute approximate surface area is 105 Å². The Balaban J connectivity index is 2.17. The van der Waals surface area contributed by atoms with Gasteiger partial charge in [-0.25, -0.2) is 9.37 Å². The Hall–Kier alpha value is -1.75. The summed E-state index contributed by atoms with van der Waals surface area (Å²) < 4.78 is 15.6. The summed E-state index contributed by atoms with van der Waals surface area (Å²) in [4.78, 5) is 8.45. The van der Waals surface area contributed by atoms with Gasteiger partial charge in [-0.1, -0.05) is 0 Å². The van der Waals surface area contributed by atoms with E-state index in [1.165, 1.54) is 12.1 Å². The van der Waals surface area contributed by atoms with Crippen LogP contribution in [0.1, 0.15) is 0 Å². The molecule has 0 atom stereocenters. The second-order valence-electron chi connectivity index (χ2n) is 3.59. The zero-order valence-electron chi connectivity index (χ0n) is 8.64. The molecule has 0 fully saturated rings. The smallest absolute Gasteiger partial charge is 0.156 e. The number of rotatable bonds is 1. The first-order valence-electron chi connectivity index (χ1n) is 4.98. The maximum atomic E-state index is 12.8. The molecule has 0 saturated carbocycles. The van der Waals surface area contributed by atoms with E-state index in [1.807, 2.05) is 10.6 Å². The van der Waals surface area contributed by atoms with Crippen LogP contribution in [0.15, 0.2) is 47.5 Å². The molecule has 0 amide bonds. The van der Waals surface area contributed by atoms with Gasteiger partial charge in [0.1, 0.15) is 10.4 Å². The molecule has 3 aromatic rings. The average molecular weight is 292 g/mol. The Morgan fingerprint density at radius 3 is 2.59 bits per heavy atom. The fourth-order valence-electron chi connectivity index (χ4n) is 1.63. The molecular weight excluding hydrogens is 285 g/mol. The molecule has 17 heavy (non-hydrogen) atoms. The lowest BCUT2D eigenvalue weighted by Gasteiger charge is -2.02. The van der Waals surface area contributed by atoms with E-state index in [2.05, 4.69) is 25.9 Å². The molecule has 0 aliphatic rings. The zero-order chi connectivity index (χ0) is 11.8. The summed E-state index contributed by atoms with van der Waals surface area (Å²) >= 11 is 3.40. The van der Waals surface area contributed by atoms with Crippen LogP contribution in [0.3, 0.4) is 0 Å². The van der Waals surface area contributed by atoms with Crippen molar-refractivity contribution in [3.05, 3.63) is 53.3 Å². The number of halogens is 2. The van der Waals surface area contributed by atoms with E-state index in [-0.39, 0.29) is 5.82 Å². The lowest BCUT2D eigenvalue weighted by Crippen LogP contribution is -1.91. The van der Waals surface area contributed by atoms with Crippen molar-refractivity contribution in [2.24, 2.45) is 0 Å². The fourth-order valence-corrected chi connectivity index (χ4v) is 2.02. The zero-order valence-corrected chi connectivity index (χ0v) is 10.2. The molecule has 84 valence electrons. The Morgan fingerprint density at radius 1 is 1.06 bits per heavy atom. The summed E-state index contributed by atoms with van der Waals surface area (Å²) in [6, 6.07) is 6.25. The van der Waals surface area contributed by atoms with Crippen LogP contribution in [-0.2, 0) is 0 Å². The molecule has 0 saturated heterocycles. The maximum absolute atomic E-state index is 12.8. The molecule has 0 N–H and O–H groups in total. The summed E-state index contributed by atoms with van der Waals surface area (Å²) in [6.07, 6.45) is 5.26. The Bertz CT molecular complexity index is 676. The quantitative estimate of drug-likeness (QED) is 0.689. The highest BCUT2D eigenvalue weighted by molar-refractivity contribution is 9.10. The second kappa shape index (κ2) is 3.92. The van der Waals surface area contributed by atoms with E-state index < -0.39 is 0 Å². The van der Waals surface area contributed by atoms with Gasteiger partial charge in [0.2, 0.25) is 0 Å². The second-order valence-corrected chi connectivity index (χ2v) is 4.40. The van der Waals surface area contributed by atoms with Gasteiger partial charge in [0.25, 0.3) is 0 Å². The highest BCUT2D eigenvalue weighted by Crippen LogP contribution is 2.20. The molecule has 0 bridgehead atoms. The molecule has 2 aromatic heterocycles. The molecular formula is C12H7BrFN3. The fraction of sp³-hybridized carbons (Fsp3) is 0. The van der Waals surface area contributed by atoms with Crippen molar-refractivity contribution >= 4 is 21.6 Å². The van der Waals surface area contributed by atoms with Crippen molar-refractivity contribution < 1.29 is 4.39 Å². The first-order valence-corrected chi connectivity index (χ1v) is 5.78. The van der Waals surface area contributed by atoms with Crippen LogP contribution in [0.2, 0.25) is 0 Å². The molecule has 3 rings (SSSR count). The van der Waals surface area contributed by atoms with Gasteiger partial charge in [0.15, 0.2) is 5.65 Å². The summed E-state index contributed by atoms with van der Waals surface area (Å²) in [5, 5.41) is 0. The summed E-state index contributed by atoms with van der Waals surface area (Å²) in [5.41, 5.74) is 2.41. The van der Waals surface area contributed by atoms with E-state index in [9.17, 15) is 4.39 Å². The predicted octanol–water partition coefficient (Wildman–Crippen LogP) is 3.30. The van der Waals surface area contributed by atoms with E-state index in [1.54, 1.807) is 24.5 Å². The molecule has 0 spiro atoms. The van der Waals surface area contributed by atoms with E-state index in [0.717, 1.165) is 21.5 Å². The SMILES string of the molecule is Fc1ccc(-c2cn3c(Br)cnc3cn2)cc1. The van der Waals surface area contributed by atoms with Crippen LogP contribution in [0.25, 0.3) is 16.9 Å². The lowest BCUT2D eigenvalue weighted by atomic mass is 10.1. The van der Waals surface area contributed by atoms with Crippen molar-refractivity contribution in [3.63, 3.8) is 0 Å². The van der Waals surface area contributed by atoms with Crippen molar-refractivity contribution in [2.45, 2.75) is 0 Å². The third-order valence-electron chi connectivity index (χ3n) is 2.49. The average Bonchev–Trinajstić information content (AvgIpc) is 2.72. The number of hydrogen-bond donors (Lipinski definition) is 0. The van der Waals surface area contributed by atoms with Crippen molar-refractivity contribution in [1.29, 1.82) is 0 Å². The van der Waals surface area contributed by atoms with E-state index in [4.69, 9.17) is 0 Å². The highest BCUT2D eigenvalue weighted by Gasteiger charge is 2.04. The van der Waals surface area contributed by atoms with Gasteiger partial charge in [0, 0.05) is 11.8 Å². The molecule has 0 aliphatic heterocycles. The minimum Gasteiger partial charge on any atom is -0.291 e. The molecule has 5 heteroatoms. The summed E-state index contributed by atoms with van der Waals surface area (Å²) in [7, 11) is 0. The van der Waals surface area contributed by atoms with Gasteiger partial charge in [-0.15, -0.1) is 0 Å². The van der Waals surface area contributed by atoms with Crippen molar-refractivity contribution in [3.8, 4) is 11.3 Å². The lowest BCUT2D eigenvalue weighted by molar-refractivity contribution is 0.628. The van der Waals surface area contributed by atoms with Crippen LogP contribution in [0.4, 0.5) is 4.39 Å². The summed E-state index contributed by atoms with van der Waals surface area (Å²) in [5.74, 6) is -0.251. The van der Waals surface area contributed by atoms with E-state index >= 15 is 0 Å². The Kier molecular flexibility index (Phi) is 2.40. The van der Waals surface area contributed by atoms with Crippen molar-refractivity contribution in [1.82, 2.24) is 14.4 Å². The molecule has 0 unspecified atom stereocenters. The van der Waals surface area contributed by atoms with E-state index in [0.29, 0.717) is 0 Å². The molecule has 3 nitrogen and oxygen atoms in total. The highest BCUT2D eigenvalue weighted by atomic mass is 79.9. The normalized spacial score (nSPS) is 10.9. The monoisotopic (exact) mass is 291 g/mol. The third kappa shape index (κ3) is 1.82. The van der Waals surface area contributed by atoms with Gasteiger partial charge in [-0.2, -0.15) is 0 Å². The van der Waals surface area contributed by atoms with Crippen LogP contribution >= 0.6 is 15.9 Å². The molecule has 2 heterocycles. The van der Waals surface area contributed by atoms with Gasteiger partial charge >= 0.3 is 0 Å². The first kappa shape index (κ1) is 10.4. The number of benzene rings is 1. The minimum atomic E-state index is -0.251. The van der Waals surface area contributed by atoms with Gasteiger partial charge in [-0.3, -0.25) is 9.38 Å².